The molecule has 0 saturated carbocycles. The average molecular weight is 240 g/mol. The molecule has 1 unspecified atom stereocenters. The lowest BCUT2D eigenvalue weighted by Gasteiger charge is -2.23. The molecule has 1 aliphatic heterocycles. The summed E-state index contributed by atoms with van der Waals surface area (Å²) in [6.45, 7) is 3.50. The smallest absolute Gasteiger partial charge is 0.331 e. The number of aliphatic carboxylic acids is 2. The topological polar surface area (TPSA) is 83.8 Å². The summed E-state index contributed by atoms with van der Waals surface area (Å²) in [7, 11) is 0. The first-order valence-corrected chi connectivity index (χ1v) is 5.38. The third kappa shape index (κ3) is 3.71. The fraction of sp³-hybridized carbons (Fsp3) is 0.500. The van der Waals surface area contributed by atoms with E-state index in [0.29, 0.717) is 0 Å². The van der Waals surface area contributed by atoms with Gasteiger partial charge in [0.2, 0.25) is 0 Å². The third-order valence-electron chi connectivity index (χ3n) is 2.66. The number of rotatable bonds is 2. The standard InChI is InChI=1S/C9H10O4.C3H6O/c1-9(8(12)13)4-2-3-6(5-9)7(10)11;1-2-4-3-1/h2-4H,5H2,1H3,(H,10,11)(H,12,13);1-3H2. The molecule has 1 fully saturated rings. The zero-order chi connectivity index (χ0) is 12.9. The largest absolute Gasteiger partial charge is 0.481 e. The molecule has 2 rings (SSSR count). The van der Waals surface area contributed by atoms with E-state index in [4.69, 9.17) is 14.9 Å². The minimum absolute atomic E-state index is 0.0359. The molecule has 1 aliphatic carbocycles. The maximum atomic E-state index is 10.8. The van der Waals surface area contributed by atoms with Crippen LogP contribution in [0.5, 0.6) is 0 Å². The molecule has 0 aromatic carbocycles. The van der Waals surface area contributed by atoms with Gasteiger partial charge in [-0.3, -0.25) is 4.79 Å². The van der Waals surface area contributed by atoms with Crippen molar-refractivity contribution in [3.63, 3.8) is 0 Å². The zero-order valence-corrected chi connectivity index (χ0v) is 9.68. The minimum Gasteiger partial charge on any atom is -0.481 e. The molecule has 2 aliphatic rings. The molecule has 17 heavy (non-hydrogen) atoms. The predicted octanol–water partition coefficient (Wildman–Crippen LogP) is 1.45. The van der Waals surface area contributed by atoms with Gasteiger partial charge in [0.1, 0.15) is 0 Å². The summed E-state index contributed by atoms with van der Waals surface area (Å²) in [5.74, 6) is -2.06. The zero-order valence-electron chi connectivity index (χ0n) is 9.68. The predicted molar refractivity (Wildman–Crippen MR) is 60.7 cm³/mol. The Hall–Kier alpha value is -1.62. The highest BCUT2D eigenvalue weighted by Crippen LogP contribution is 2.31. The molecule has 0 aromatic rings. The van der Waals surface area contributed by atoms with Crippen molar-refractivity contribution in [2.75, 3.05) is 13.2 Å². The Morgan fingerprint density at radius 1 is 1.35 bits per heavy atom. The number of carboxylic acid groups (broad SMARTS) is 2. The molecular formula is C12H16O5. The van der Waals surface area contributed by atoms with E-state index < -0.39 is 17.4 Å². The van der Waals surface area contributed by atoms with Crippen molar-refractivity contribution < 1.29 is 24.5 Å². The number of allylic oxidation sites excluding steroid dienone is 2. The van der Waals surface area contributed by atoms with Crippen molar-refractivity contribution in [1.82, 2.24) is 0 Å². The molecule has 0 aromatic heterocycles. The van der Waals surface area contributed by atoms with Crippen LogP contribution < -0.4 is 0 Å². The van der Waals surface area contributed by atoms with Gasteiger partial charge in [0, 0.05) is 18.8 Å². The van der Waals surface area contributed by atoms with E-state index in [1.54, 1.807) is 0 Å². The van der Waals surface area contributed by atoms with Gasteiger partial charge in [0.15, 0.2) is 0 Å². The Balaban J connectivity index is 0.000000302. The Kier molecular flexibility index (Phi) is 4.45. The molecule has 0 bridgehead atoms. The molecule has 1 atom stereocenters. The van der Waals surface area contributed by atoms with Gasteiger partial charge in [-0.25, -0.2) is 4.79 Å². The van der Waals surface area contributed by atoms with Gasteiger partial charge in [-0.2, -0.15) is 0 Å². The van der Waals surface area contributed by atoms with Crippen molar-refractivity contribution in [1.29, 1.82) is 0 Å². The van der Waals surface area contributed by atoms with Gasteiger partial charge in [-0.15, -0.1) is 0 Å². The van der Waals surface area contributed by atoms with Crippen LogP contribution in [0.1, 0.15) is 19.8 Å². The lowest BCUT2D eigenvalue weighted by molar-refractivity contribution is -0.145. The monoisotopic (exact) mass is 240 g/mol. The second-order valence-electron chi connectivity index (χ2n) is 4.22. The van der Waals surface area contributed by atoms with Crippen molar-refractivity contribution in [3.05, 3.63) is 23.8 Å². The van der Waals surface area contributed by atoms with Crippen molar-refractivity contribution >= 4 is 11.9 Å². The minimum atomic E-state index is -1.08. The van der Waals surface area contributed by atoms with E-state index in [9.17, 15) is 9.59 Å². The second-order valence-corrected chi connectivity index (χ2v) is 4.22. The van der Waals surface area contributed by atoms with Crippen molar-refractivity contribution in [3.8, 4) is 0 Å². The Bertz CT molecular complexity index is 361. The third-order valence-corrected chi connectivity index (χ3v) is 2.66. The van der Waals surface area contributed by atoms with E-state index in [1.807, 2.05) is 0 Å². The molecule has 0 spiro atoms. The maximum absolute atomic E-state index is 10.8. The highest BCUT2D eigenvalue weighted by atomic mass is 16.5. The number of hydrogen-bond acceptors (Lipinski definition) is 3. The molecule has 1 heterocycles. The first kappa shape index (κ1) is 13.4. The molecule has 5 heteroatoms. The number of carbonyl (C=O) groups is 2. The molecule has 0 radical (unpaired) electrons. The number of carboxylic acids is 2. The first-order chi connectivity index (χ1) is 7.96. The normalized spacial score (nSPS) is 26.1. The molecule has 2 N–H and O–H groups in total. The summed E-state index contributed by atoms with van der Waals surface area (Å²) in [6, 6.07) is 0. The lowest BCUT2D eigenvalue weighted by Crippen LogP contribution is -2.28. The average Bonchev–Trinajstić information content (AvgIpc) is 2.14. The van der Waals surface area contributed by atoms with Gasteiger partial charge in [-0.05, 0) is 19.8 Å². The van der Waals surface area contributed by atoms with E-state index in [-0.39, 0.29) is 12.0 Å². The summed E-state index contributed by atoms with van der Waals surface area (Å²) in [4.78, 5) is 21.3. The van der Waals surface area contributed by atoms with Crippen molar-refractivity contribution in [2.24, 2.45) is 5.41 Å². The summed E-state index contributed by atoms with van der Waals surface area (Å²) >= 11 is 0. The Morgan fingerprint density at radius 3 is 2.24 bits per heavy atom. The molecule has 0 amide bonds. The lowest BCUT2D eigenvalue weighted by atomic mass is 9.80. The fourth-order valence-corrected chi connectivity index (χ4v) is 1.33. The Labute approximate surface area is 99.4 Å². The highest BCUT2D eigenvalue weighted by molar-refractivity contribution is 5.90. The summed E-state index contributed by atoms with van der Waals surface area (Å²) in [5.41, 5.74) is -0.949. The van der Waals surface area contributed by atoms with Crippen LogP contribution in [0.3, 0.4) is 0 Å². The highest BCUT2D eigenvalue weighted by Gasteiger charge is 2.34. The van der Waals surface area contributed by atoms with Crippen LogP contribution in [0.25, 0.3) is 0 Å². The molecule has 94 valence electrons. The van der Waals surface area contributed by atoms with Crippen LogP contribution in [0.15, 0.2) is 23.8 Å². The van der Waals surface area contributed by atoms with Crippen LogP contribution in [0, 0.1) is 5.41 Å². The van der Waals surface area contributed by atoms with Gasteiger partial charge in [0.25, 0.3) is 0 Å². The number of ether oxygens (including phenoxy) is 1. The second kappa shape index (κ2) is 5.63. The van der Waals surface area contributed by atoms with E-state index in [0.717, 1.165) is 13.2 Å². The molecule has 5 nitrogen and oxygen atoms in total. The van der Waals surface area contributed by atoms with Gasteiger partial charge in [-0.1, -0.05) is 18.2 Å². The SMILES string of the molecule is C1COC1.CC1(C(=O)O)C=CC=C(C(=O)O)C1. The number of hydrogen-bond donors (Lipinski definition) is 2. The molecule has 1 saturated heterocycles. The van der Waals surface area contributed by atoms with Crippen molar-refractivity contribution in [2.45, 2.75) is 19.8 Å². The van der Waals surface area contributed by atoms with E-state index in [1.165, 1.54) is 31.6 Å². The van der Waals surface area contributed by atoms with Crippen LogP contribution >= 0.6 is 0 Å². The van der Waals surface area contributed by atoms with Crippen LogP contribution in [-0.2, 0) is 14.3 Å². The quantitative estimate of drug-likeness (QED) is 0.763. The van der Waals surface area contributed by atoms with Gasteiger partial charge < -0.3 is 14.9 Å². The van der Waals surface area contributed by atoms with E-state index in [2.05, 4.69) is 0 Å². The molecular weight excluding hydrogens is 224 g/mol. The van der Waals surface area contributed by atoms with Gasteiger partial charge >= 0.3 is 11.9 Å². The Morgan fingerprint density at radius 2 is 1.88 bits per heavy atom. The van der Waals surface area contributed by atoms with Crippen LogP contribution in [-0.4, -0.2) is 35.4 Å². The van der Waals surface area contributed by atoms with Crippen LogP contribution in [0.4, 0.5) is 0 Å². The summed E-state index contributed by atoms with van der Waals surface area (Å²) < 4.78 is 4.72. The fourth-order valence-electron chi connectivity index (χ4n) is 1.33. The maximum Gasteiger partial charge on any atom is 0.331 e. The summed E-state index contributed by atoms with van der Waals surface area (Å²) in [5, 5.41) is 17.5. The van der Waals surface area contributed by atoms with Gasteiger partial charge in [0.05, 0.1) is 5.41 Å². The summed E-state index contributed by atoms with van der Waals surface area (Å²) in [6.07, 6.45) is 5.71. The first-order valence-electron chi connectivity index (χ1n) is 5.38. The van der Waals surface area contributed by atoms with Crippen LogP contribution in [0.2, 0.25) is 0 Å². The van der Waals surface area contributed by atoms with E-state index >= 15 is 0 Å².